The molecule has 0 amide bonds. The minimum Gasteiger partial charge on any atom is -0.299 e. The molecular formula is C24H16F2N4O. The third kappa shape index (κ3) is 4.35. The number of benzene rings is 3. The maximum Gasteiger partial charge on any atom is 0.187 e. The Labute approximate surface area is 177 Å². The maximum absolute atomic E-state index is 13.6. The van der Waals surface area contributed by atoms with Crippen molar-refractivity contribution >= 4 is 17.6 Å². The van der Waals surface area contributed by atoms with Gasteiger partial charge in [-0.25, -0.2) is 8.78 Å². The molecule has 7 heteroatoms. The molecule has 0 saturated carbocycles. The van der Waals surface area contributed by atoms with E-state index in [0.717, 1.165) is 5.56 Å². The lowest BCUT2D eigenvalue weighted by molar-refractivity contribution is -0.104. The molecule has 0 N–H and O–H groups in total. The number of carbonyl (C=O) groups is 1. The van der Waals surface area contributed by atoms with Crippen molar-refractivity contribution in [1.82, 2.24) is 20.2 Å². The van der Waals surface area contributed by atoms with E-state index in [4.69, 9.17) is 0 Å². The van der Waals surface area contributed by atoms with Gasteiger partial charge in [-0.05, 0) is 58.0 Å². The van der Waals surface area contributed by atoms with Gasteiger partial charge in [0.15, 0.2) is 5.82 Å². The summed E-state index contributed by atoms with van der Waals surface area (Å²) < 4.78 is 28.7. The van der Waals surface area contributed by atoms with Crippen LogP contribution in [0.2, 0.25) is 0 Å². The fraction of sp³-hybridized carbons (Fsp3) is 0. The number of tetrazole rings is 1. The Balaban J connectivity index is 2.03. The molecule has 0 fully saturated rings. The summed E-state index contributed by atoms with van der Waals surface area (Å²) in [6.07, 6.45) is 3.52. The summed E-state index contributed by atoms with van der Waals surface area (Å²) in [5, 5.41) is 12.1. The first-order valence-electron chi connectivity index (χ1n) is 9.39. The van der Waals surface area contributed by atoms with Gasteiger partial charge in [0.1, 0.15) is 17.9 Å². The van der Waals surface area contributed by atoms with Crippen molar-refractivity contribution in [2.24, 2.45) is 0 Å². The van der Waals surface area contributed by atoms with E-state index in [-0.39, 0.29) is 11.6 Å². The van der Waals surface area contributed by atoms with Crippen LogP contribution in [-0.4, -0.2) is 26.5 Å². The van der Waals surface area contributed by atoms with Crippen molar-refractivity contribution in [2.75, 3.05) is 0 Å². The number of carbonyl (C=O) groups excluding carboxylic acids is 1. The molecule has 31 heavy (non-hydrogen) atoms. The van der Waals surface area contributed by atoms with Crippen LogP contribution in [0.3, 0.4) is 0 Å². The summed E-state index contributed by atoms with van der Waals surface area (Å²) in [4.78, 5) is 11.1. The van der Waals surface area contributed by atoms with Gasteiger partial charge in [-0.3, -0.25) is 4.79 Å². The molecule has 0 atom stereocenters. The molecule has 1 aromatic heterocycles. The van der Waals surface area contributed by atoms with E-state index in [1.165, 1.54) is 35.0 Å². The third-order valence-corrected chi connectivity index (χ3v) is 4.58. The smallest absolute Gasteiger partial charge is 0.187 e. The standard InChI is InChI=1S/C24H16F2N4O/c25-20-12-8-17(9-13-20)23(18-10-14-21(26)15-11-18)22(7-4-16-31)30-24(27-28-29-30)19-5-2-1-3-6-19/h1-16H. The number of hydrogen-bond donors (Lipinski definition) is 0. The second kappa shape index (κ2) is 9.04. The summed E-state index contributed by atoms with van der Waals surface area (Å²) in [5.74, 6) is -0.327. The van der Waals surface area contributed by atoms with E-state index < -0.39 is 0 Å². The second-order valence-corrected chi connectivity index (χ2v) is 6.55. The highest BCUT2D eigenvalue weighted by Crippen LogP contribution is 2.32. The fourth-order valence-electron chi connectivity index (χ4n) is 3.20. The first-order valence-corrected chi connectivity index (χ1v) is 9.39. The van der Waals surface area contributed by atoms with Crippen LogP contribution in [0.1, 0.15) is 11.1 Å². The predicted octanol–water partition coefficient (Wildman–Crippen LogP) is 4.79. The number of rotatable bonds is 6. The molecule has 0 aliphatic carbocycles. The lowest BCUT2D eigenvalue weighted by Crippen LogP contribution is -2.05. The zero-order chi connectivity index (χ0) is 21.6. The SMILES string of the molecule is O=CC=CC(=C(c1ccc(F)cc1)c1ccc(F)cc1)n1nnnc1-c1ccccc1. The van der Waals surface area contributed by atoms with Crippen LogP contribution in [0.25, 0.3) is 22.7 Å². The molecule has 3 aromatic carbocycles. The van der Waals surface area contributed by atoms with E-state index in [0.29, 0.717) is 34.5 Å². The van der Waals surface area contributed by atoms with Crippen LogP contribution in [0, 0.1) is 11.6 Å². The van der Waals surface area contributed by atoms with Crippen molar-refractivity contribution < 1.29 is 13.6 Å². The first kappa shape index (κ1) is 20.0. The fourth-order valence-corrected chi connectivity index (χ4v) is 3.20. The van der Waals surface area contributed by atoms with Crippen LogP contribution in [0.4, 0.5) is 8.78 Å². The minimum atomic E-state index is -0.389. The molecule has 0 spiro atoms. The lowest BCUT2D eigenvalue weighted by atomic mass is 9.95. The summed E-state index contributed by atoms with van der Waals surface area (Å²) >= 11 is 0. The van der Waals surface area contributed by atoms with Gasteiger partial charge in [0, 0.05) is 11.1 Å². The topological polar surface area (TPSA) is 60.7 Å². The summed E-state index contributed by atoms with van der Waals surface area (Å²) in [6, 6.07) is 21.1. The van der Waals surface area contributed by atoms with E-state index in [1.807, 2.05) is 30.3 Å². The Hall–Kier alpha value is -4.26. The molecule has 0 radical (unpaired) electrons. The highest BCUT2D eigenvalue weighted by Gasteiger charge is 2.18. The molecule has 5 nitrogen and oxygen atoms in total. The molecule has 0 saturated heterocycles. The average molecular weight is 414 g/mol. The predicted molar refractivity (Wildman–Crippen MR) is 113 cm³/mol. The molecule has 152 valence electrons. The van der Waals surface area contributed by atoms with Gasteiger partial charge in [-0.1, -0.05) is 54.6 Å². The molecule has 0 unspecified atom stereocenters. The molecule has 0 aliphatic rings. The van der Waals surface area contributed by atoms with Crippen molar-refractivity contribution in [3.63, 3.8) is 0 Å². The second-order valence-electron chi connectivity index (χ2n) is 6.55. The van der Waals surface area contributed by atoms with Crippen LogP contribution in [0.15, 0.2) is 91.0 Å². The highest BCUT2D eigenvalue weighted by molar-refractivity contribution is 5.97. The Kier molecular flexibility index (Phi) is 5.84. The van der Waals surface area contributed by atoms with Gasteiger partial charge < -0.3 is 0 Å². The molecule has 4 aromatic rings. The maximum atomic E-state index is 13.6. The van der Waals surface area contributed by atoms with Gasteiger partial charge in [-0.15, -0.1) is 5.10 Å². The number of aromatic nitrogens is 4. The molecule has 1 heterocycles. The highest BCUT2D eigenvalue weighted by atomic mass is 19.1. The van der Waals surface area contributed by atoms with Crippen molar-refractivity contribution in [3.05, 3.63) is 114 Å². The Morgan fingerprint density at radius 3 is 1.94 bits per heavy atom. The number of halogens is 2. The zero-order valence-electron chi connectivity index (χ0n) is 16.2. The molecule has 4 rings (SSSR count). The summed E-state index contributed by atoms with van der Waals surface area (Å²) in [7, 11) is 0. The Morgan fingerprint density at radius 2 is 1.39 bits per heavy atom. The van der Waals surface area contributed by atoms with Gasteiger partial charge in [-0.2, -0.15) is 4.68 Å². The van der Waals surface area contributed by atoms with E-state index in [1.54, 1.807) is 30.3 Å². The Morgan fingerprint density at radius 1 is 0.806 bits per heavy atom. The zero-order valence-corrected chi connectivity index (χ0v) is 16.2. The molecular weight excluding hydrogens is 398 g/mol. The van der Waals surface area contributed by atoms with Gasteiger partial charge in [0.25, 0.3) is 0 Å². The quantitative estimate of drug-likeness (QED) is 0.259. The van der Waals surface area contributed by atoms with Crippen LogP contribution in [0.5, 0.6) is 0 Å². The number of nitrogens with zero attached hydrogens (tertiary/aromatic N) is 4. The van der Waals surface area contributed by atoms with Gasteiger partial charge >= 0.3 is 0 Å². The molecule has 0 bridgehead atoms. The normalized spacial score (nSPS) is 10.9. The van der Waals surface area contributed by atoms with Crippen LogP contribution in [-0.2, 0) is 4.79 Å². The number of hydrogen-bond acceptors (Lipinski definition) is 4. The number of allylic oxidation sites excluding steroid dienone is 3. The largest absolute Gasteiger partial charge is 0.299 e. The first-order chi connectivity index (χ1) is 15.2. The van der Waals surface area contributed by atoms with Crippen molar-refractivity contribution in [2.45, 2.75) is 0 Å². The van der Waals surface area contributed by atoms with Crippen LogP contribution < -0.4 is 0 Å². The van der Waals surface area contributed by atoms with Gasteiger partial charge in [0.05, 0.1) is 5.70 Å². The number of aldehydes is 1. The van der Waals surface area contributed by atoms with Crippen molar-refractivity contribution in [3.8, 4) is 11.4 Å². The van der Waals surface area contributed by atoms with E-state index in [2.05, 4.69) is 15.5 Å². The lowest BCUT2D eigenvalue weighted by Gasteiger charge is -2.15. The summed E-state index contributed by atoms with van der Waals surface area (Å²) in [5.41, 5.74) is 3.12. The molecule has 0 aliphatic heterocycles. The third-order valence-electron chi connectivity index (χ3n) is 4.58. The monoisotopic (exact) mass is 414 g/mol. The minimum absolute atomic E-state index is 0.389. The average Bonchev–Trinajstić information content (AvgIpc) is 3.29. The van der Waals surface area contributed by atoms with Crippen LogP contribution >= 0.6 is 0 Å². The van der Waals surface area contributed by atoms with Gasteiger partial charge in [0.2, 0.25) is 0 Å². The van der Waals surface area contributed by atoms with E-state index in [9.17, 15) is 13.6 Å². The summed E-state index contributed by atoms with van der Waals surface area (Å²) in [6.45, 7) is 0. The van der Waals surface area contributed by atoms with E-state index >= 15 is 0 Å². The van der Waals surface area contributed by atoms with Crippen molar-refractivity contribution in [1.29, 1.82) is 0 Å². The Bertz CT molecular complexity index is 1200.